The van der Waals surface area contributed by atoms with Gasteiger partial charge >= 0.3 is 0 Å². The highest BCUT2D eigenvalue weighted by Crippen LogP contribution is 2.27. The molecule has 0 spiro atoms. The van der Waals surface area contributed by atoms with Gasteiger partial charge in [-0.25, -0.2) is 0 Å². The van der Waals surface area contributed by atoms with Gasteiger partial charge in [-0.1, -0.05) is 48.0 Å². The van der Waals surface area contributed by atoms with Gasteiger partial charge in [0.2, 0.25) is 0 Å². The first-order chi connectivity index (χ1) is 8.34. The number of hydrogen-bond donors (Lipinski definition) is 0. The predicted octanol–water partition coefficient (Wildman–Crippen LogP) is 4.56. The molecule has 2 aromatic carbocycles. The van der Waals surface area contributed by atoms with E-state index >= 15 is 0 Å². The molecule has 0 N–H and O–H groups in total. The quantitative estimate of drug-likeness (QED) is 0.607. The van der Waals surface area contributed by atoms with Gasteiger partial charge in [-0.2, -0.15) is 0 Å². The summed E-state index contributed by atoms with van der Waals surface area (Å²) in [7, 11) is 0. The first-order valence-corrected chi connectivity index (χ1v) is 5.82. The molecule has 0 bridgehead atoms. The number of fused-ring (bicyclic) bond motifs is 1. The maximum Gasteiger partial charge on any atom is 0.0780 e. The van der Waals surface area contributed by atoms with Crippen LogP contribution in [0.4, 0.5) is 0 Å². The average molecular weight is 240 g/mol. The molecule has 1 nitrogen and oxygen atoms in total. The van der Waals surface area contributed by atoms with Crippen molar-refractivity contribution in [2.24, 2.45) is 0 Å². The van der Waals surface area contributed by atoms with E-state index in [9.17, 15) is 0 Å². The van der Waals surface area contributed by atoms with Gasteiger partial charge in [-0.3, -0.25) is 4.98 Å². The van der Waals surface area contributed by atoms with E-state index in [-0.39, 0.29) is 0 Å². The number of hydrogen-bond acceptors (Lipinski definition) is 1. The smallest absolute Gasteiger partial charge is 0.0780 e. The number of benzene rings is 2. The lowest BCUT2D eigenvalue weighted by Crippen LogP contribution is -1.85. The lowest BCUT2D eigenvalue weighted by molar-refractivity contribution is 1.36. The summed E-state index contributed by atoms with van der Waals surface area (Å²) in [6, 6.07) is 18.0. The van der Waals surface area contributed by atoms with E-state index in [1.807, 2.05) is 48.7 Å². The Labute approximate surface area is 105 Å². The van der Waals surface area contributed by atoms with E-state index in [0.717, 1.165) is 27.1 Å². The lowest BCUT2D eigenvalue weighted by Gasteiger charge is -2.05. The van der Waals surface area contributed by atoms with Crippen molar-refractivity contribution in [1.29, 1.82) is 0 Å². The fraction of sp³-hybridized carbons (Fsp3) is 0. The normalized spacial score (nSPS) is 10.6. The second-order valence-electron chi connectivity index (χ2n) is 3.89. The van der Waals surface area contributed by atoms with Gasteiger partial charge in [-0.05, 0) is 23.6 Å². The minimum atomic E-state index is 0.753. The Morgan fingerprint density at radius 2 is 1.71 bits per heavy atom. The minimum Gasteiger partial charge on any atom is -0.256 e. The number of nitrogens with zero attached hydrogens (tertiary/aromatic N) is 1. The molecule has 0 aliphatic heterocycles. The first kappa shape index (κ1) is 10.3. The molecule has 3 rings (SSSR count). The van der Waals surface area contributed by atoms with Gasteiger partial charge in [0.15, 0.2) is 0 Å². The highest BCUT2D eigenvalue weighted by atomic mass is 35.5. The first-order valence-electron chi connectivity index (χ1n) is 5.44. The Morgan fingerprint density at radius 3 is 2.53 bits per heavy atom. The van der Waals surface area contributed by atoms with E-state index in [4.69, 9.17) is 11.6 Å². The largest absolute Gasteiger partial charge is 0.256 e. The molecule has 3 aromatic rings. The van der Waals surface area contributed by atoms with Gasteiger partial charge in [0.05, 0.1) is 5.69 Å². The molecule has 0 saturated heterocycles. The molecule has 0 unspecified atom stereocenters. The summed E-state index contributed by atoms with van der Waals surface area (Å²) in [5.74, 6) is 0. The topological polar surface area (TPSA) is 12.9 Å². The van der Waals surface area contributed by atoms with Crippen molar-refractivity contribution in [3.05, 3.63) is 65.8 Å². The zero-order chi connectivity index (χ0) is 11.7. The van der Waals surface area contributed by atoms with E-state index in [1.54, 1.807) is 0 Å². The Balaban J connectivity index is 2.31. The number of halogens is 1. The Morgan fingerprint density at radius 1 is 0.882 bits per heavy atom. The molecule has 0 saturated carbocycles. The van der Waals surface area contributed by atoms with Crippen LogP contribution in [0.2, 0.25) is 5.02 Å². The fourth-order valence-electron chi connectivity index (χ4n) is 1.97. The summed E-state index contributed by atoms with van der Waals surface area (Å²) in [6.07, 6.45) is 1.82. The van der Waals surface area contributed by atoms with Crippen LogP contribution in [-0.4, -0.2) is 4.98 Å². The third-order valence-corrected chi connectivity index (χ3v) is 3.01. The van der Waals surface area contributed by atoms with Crippen LogP contribution < -0.4 is 0 Å². The molecule has 0 radical (unpaired) electrons. The van der Waals surface area contributed by atoms with Crippen LogP contribution in [0.25, 0.3) is 22.0 Å². The molecule has 0 aliphatic rings. The lowest BCUT2D eigenvalue weighted by atomic mass is 10.0. The summed E-state index contributed by atoms with van der Waals surface area (Å²) in [5.41, 5.74) is 2.13. The molecule has 1 aromatic heterocycles. The molecule has 0 aliphatic carbocycles. The second kappa shape index (κ2) is 4.19. The minimum absolute atomic E-state index is 0.753. The van der Waals surface area contributed by atoms with Crippen molar-refractivity contribution >= 4 is 22.4 Å². The maximum absolute atomic E-state index is 6.00. The van der Waals surface area contributed by atoms with Crippen molar-refractivity contribution in [3.8, 4) is 11.3 Å². The molecule has 0 atom stereocenters. The summed E-state index contributed by atoms with van der Waals surface area (Å²) in [5, 5.41) is 3.00. The van der Waals surface area contributed by atoms with E-state index in [0.29, 0.717) is 0 Å². The second-order valence-corrected chi connectivity index (χ2v) is 4.33. The molecular formula is C15H10ClN. The van der Waals surface area contributed by atoms with Crippen LogP contribution in [-0.2, 0) is 0 Å². The van der Waals surface area contributed by atoms with E-state index < -0.39 is 0 Å². The molecular weight excluding hydrogens is 230 g/mol. The van der Waals surface area contributed by atoms with Crippen molar-refractivity contribution in [2.75, 3.05) is 0 Å². The molecule has 82 valence electrons. The summed E-state index contributed by atoms with van der Waals surface area (Å²) < 4.78 is 0. The third-order valence-electron chi connectivity index (χ3n) is 2.77. The standard InChI is InChI=1S/C15H10ClN/c16-13-6-7-14-12(10-13)8-9-17-15(14)11-4-2-1-3-5-11/h1-10H. The van der Waals surface area contributed by atoms with Crippen LogP contribution in [0.5, 0.6) is 0 Å². The van der Waals surface area contributed by atoms with Gasteiger partial charge in [-0.15, -0.1) is 0 Å². The Hall–Kier alpha value is -1.86. The molecule has 0 fully saturated rings. The highest BCUT2D eigenvalue weighted by Gasteiger charge is 2.04. The molecule has 0 amide bonds. The van der Waals surface area contributed by atoms with Crippen LogP contribution in [0.15, 0.2) is 60.8 Å². The van der Waals surface area contributed by atoms with Gasteiger partial charge in [0.25, 0.3) is 0 Å². The summed E-state index contributed by atoms with van der Waals surface area (Å²) in [6.45, 7) is 0. The zero-order valence-electron chi connectivity index (χ0n) is 9.10. The average Bonchev–Trinajstić information content (AvgIpc) is 2.39. The monoisotopic (exact) mass is 239 g/mol. The van der Waals surface area contributed by atoms with Crippen LogP contribution >= 0.6 is 11.6 Å². The van der Waals surface area contributed by atoms with Crippen molar-refractivity contribution in [2.45, 2.75) is 0 Å². The summed E-state index contributed by atoms with van der Waals surface area (Å²) in [4.78, 5) is 4.46. The van der Waals surface area contributed by atoms with Gasteiger partial charge < -0.3 is 0 Å². The predicted molar refractivity (Wildman–Crippen MR) is 72.2 cm³/mol. The summed E-state index contributed by atoms with van der Waals surface area (Å²) >= 11 is 6.00. The maximum atomic E-state index is 6.00. The zero-order valence-corrected chi connectivity index (χ0v) is 9.85. The Bertz CT molecular complexity index is 662. The van der Waals surface area contributed by atoms with Crippen LogP contribution in [0.3, 0.4) is 0 Å². The van der Waals surface area contributed by atoms with Crippen LogP contribution in [0.1, 0.15) is 0 Å². The van der Waals surface area contributed by atoms with Gasteiger partial charge in [0, 0.05) is 22.2 Å². The third kappa shape index (κ3) is 1.90. The Kier molecular flexibility index (Phi) is 2.54. The molecule has 2 heteroatoms. The van der Waals surface area contributed by atoms with Crippen LogP contribution in [0, 0.1) is 0 Å². The molecule has 1 heterocycles. The number of aromatic nitrogens is 1. The van der Waals surface area contributed by atoms with Crippen molar-refractivity contribution in [1.82, 2.24) is 4.98 Å². The highest BCUT2D eigenvalue weighted by molar-refractivity contribution is 6.31. The van der Waals surface area contributed by atoms with Gasteiger partial charge in [0.1, 0.15) is 0 Å². The number of rotatable bonds is 1. The van der Waals surface area contributed by atoms with E-state index in [2.05, 4.69) is 17.1 Å². The van der Waals surface area contributed by atoms with Crippen molar-refractivity contribution in [3.63, 3.8) is 0 Å². The van der Waals surface area contributed by atoms with Crippen molar-refractivity contribution < 1.29 is 0 Å². The van der Waals surface area contributed by atoms with E-state index in [1.165, 1.54) is 0 Å². The fourth-order valence-corrected chi connectivity index (χ4v) is 2.16. The number of pyridine rings is 1. The SMILES string of the molecule is Clc1ccc2c(-c3ccccc3)nccc2c1. The molecule has 17 heavy (non-hydrogen) atoms.